The Morgan fingerprint density at radius 1 is 1.17 bits per heavy atom. The Morgan fingerprint density at radius 2 is 1.83 bits per heavy atom. The maximum absolute atomic E-state index is 11.7. The molecule has 118 valence electrons. The number of aromatic nitrogens is 1. The predicted molar refractivity (Wildman–Crippen MR) is 91.7 cm³/mol. The summed E-state index contributed by atoms with van der Waals surface area (Å²) >= 11 is 1.47. The minimum absolute atomic E-state index is 0.143. The van der Waals surface area contributed by atoms with Crippen molar-refractivity contribution in [3.63, 3.8) is 0 Å². The summed E-state index contributed by atoms with van der Waals surface area (Å²) in [5, 5.41) is 6.77. The summed E-state index contributed by atoms with van der Waals surface area (Å²) in [4.78, 5) is 29.2. The van der Waals surface area contributed by atoms with Gasteiger partial charge in [0.15, 0.2) is 0 Å². The van der Waals surface area contributed by atoms with E-state index >= 15 is 0 Å². The highest BCUT2D eigenvalue weighted by Gasteiger charge is 2.30. The number of carbonyl (C=O) groups excluding carboxylic acids is 2. The highest BCUT2D eigenvalue weighted by molar-refractivity contribution is 7.14. The topological polar surface area (TPSA) is 74.7 Å². The van der Waals surface area contributed by atoms with Gasteiger partial charge in [-0.3, -0.25) is 19.9 Å². The highest BCUT2D eigenvalue weighted by Crippen LogP contribution is 2.28. The van der Waals surface area contributed by atoms with Crippen LogP contribution in [-0.4, -0.2) is 22.5 Å². The second kappa shape index (κ2) is 6.29. The third-order valence-corrected chi connectivity index (χ3v) is 4.10. The van der Waals surface area contributed by atoms with E-state index in [-0.39, 0.29) is 11.8 Å². The molecule has 2 heterocycles. The minimum atomic E-state index is -0.143. The monoisotopic (exact) mass is 328 g/mol. The molecule has 1 aliphatic rings. The minimum Gasteiger partial charge on any atom is -0.274 e. The molecule has 0 spiro atoms. The van der Waals surface area contributed by atoms with Gasteiger partial charge in [0.1, 0.15) is 0 Å². The number of nitrogens with zero attached hydrogens (tertiary/aromatic N) is 3. The third-order valence-electron chi connectivity index (χ3n) is 3.35. The smallest absolute Gasteiger partial charge is 0.234 e. The number of hydrogen-bond donors (Lipinski definition) is 1. The molecule has 0 atom stereocenters. The van der Waals surface area contributed by atoms with Gasteiger partial charge in [0.2, 0.25) is 16.9 Å². The molecule has 1 aromatic carbocycles. The molecule has 6 nitrogen and oxygen atoms in total. The molecule has 1 aliphatic heterocycles. The van der Waals surface area contributed by atoms with Crippen LogP contribution in [0.3, 0.4) is 0 Å². The standard InChI is InChI=1S/C16H16N4O2S/c1-10(2)18-19-16-17-13(9-23-16)11-3-5-12(6-4-11)20-14(21)7-8-15(20)22/h3-6,9H,7-8H2,1-2H3,(H,17,19). The zero-order chi connectivity index (χ0) is 16.4. The number of rotatable bonds is 4. The number of carbonyl (C=O) groups is 2. The molecule has 1 aromatic heterocycles. The summed E-state index contributed by atoms with van der Waals surface area (Å²) < 4.78 is 0. The molecule has 3 rings (SSSR count). The fourth-order valence-electron chi connectivity index (χ4n) is 2.26. The molecule has 1 N–H and O–H groups in total. The first-order valence-electron chi connectivity index (χ1n) is 7.23. The molecular weight excluding hydrogens is 312 g/mol. The Morgan fingerprint density at radius 3 is 2.43 bits per heavy atom. The molecule has 1 fully saturated rings. The average Bonchev–Trinajstić information content (AvgIpc) is 3.13. The van der Waals surface area contributed by atoms with Gasteiger partial charge < -0.3 is 0 Å². The van der Waals surface area contributed by atoms with Gasteiger partial charge in [0, 0.05) is 29.5 Å². The van der Waals surface area contributed by atoms with Crippen molar-refractivity contribution in [2.45, 2.75) is 26.7 Å². The van der Waals surface area contributed by atoms with Crippen molar-refractivity contribution in [2.24, 2.45) is 5.10 Å². The van der Waals surface area contributed by atoms with Crippen molar-refractivity contribution >= 4 is 39.7 Å². The van der Waals surface area contributed by atoms with Crippen molar-refractivity contribution in [1.29, 1.82) is 0 Å². The lowest BCUT2D eigenvalue weighted by Gasteiger charge is -2.13. The molecule has 23 heavy (non-hydrogen) atoms. The van der Waals surface area contributed by atoms with Gasteiger partial charge in [-0.2, -0.15) is 5.10 Å². The van der Waals surface area contributed by atoms with Crippen LogP contribution in [0.1, 0.15) is 26.7 Å². The Balaban J connectivity index is 1.78. The van der Waals surface area contributed by atoms with Gasteiger partial charge in [-0.15, -0.1) is 11.3 Å². The molecule has 2 amide bonds. The Hall–Kier alpha value is -2.54. The Kier molecular flexibility index (Phi) is 4.20. The fourth-order valence-corrected chi connectivity index (χ4v) is 2.92. The van der Waals surface area contributed by atoms with Crippen LogP contribution < -0.4 is 10.3 Å². The van der Waals surface area contributed by atoms with Gasteiger partial charge in [-0.1, -0.05) is 12.1 Å². The number of amides is 2. The quantitative estimate of drug-likeness (QED) is 0.531. The second-order valence-electron chi connectivity index (χ2n) is 5.38. The maximum Gasteiger partial charge on any atom is 0.234 e. The molecule has 1 saturated heterocycles. The zero-order valence-corrected chi connectivity index (χ0v) is 13.7. The second-order valence-corrected chi connectivity index (χ2v) is 6.24. The lowest BCUT2D eigenvalue weighted by atomic mass is 10.1. The number of thiazole rings is 1. The van der Waals surface area contributed by atoms with Crippen molar-refractivity contribution < 1.29 is 9.59 Å². The summed E-state index contributed by atoms with van der Waals surface area (Å²) in [6.07, 6.45) is 0.581. The number of benzene rings is 1. The molecule has 7 heteroatoms. The van der Waals surface area contributed by atoms with Crippen LogP contribution >= 0.6 is 11.3 Å². The van der Waals surface area contributed by atoms with Gasteiger partial charge in [0.05, 0.1) is 11.4 Å². The Labute approximate surface area is 137 Å². The van der Waals surface area contributed by atoms with Gasteiger partial charge in [-0.25, -0.2) is 4.98 Å². The summed E-state index contributed by atoms with van der Waals surface area (Å²) in [5.74, 6) is -0.286. The van der Waals surface area contributed by atoms with E-state index in [2.05, 4.69) is 15.5 Å². The van der Waals surface area contributed by atoms with Crippen LogP contribution in [-0.2, 0) is 9.59 Å². The maximum atomic E-state index is 11.7. The number of hydrazone groups is 1. The molecule has 0 aliphatic carbocycles. The van der Waals surface area contributed by atoms with Crippen molar-refractivity contribution in [3.8, 4) is 11.3 Å². The van der Waals surface area contributed by atoms with Crippen LogP contribution in [0.25, 0.3) is 11.3 Å². The van der Waals surface area contributed by atoms with E-state index in [0.717, 1.165) is 22.1 Å². The first-order valence-corrected chi connectivity index (χ1v) is 8.11. The Bertz CT molecular complexity index is 760. The fraction of sp³-hybridized carbons (Fsp3) is 0.250. The normalized spacial score (nSPS) is 14.3. The van der Waals surface area contributed by atoms with E-state index < -0.39 is 0 Å². The summed E-state index contributed by atoms with van der Waals surface area (Å²) in [7, 11) is 0. The van der Waals surface area contributed by atoms with E-state index in [9.17, 15) is 9.59 Å². The van der Waals surface area contributed by atoms with E-state index in [1.807, 2.05) is 31.4 Å². The van der Waals surface area contributed by atoms with Crippen molar-refractivity contribution in [1.82, 2.24) is 4.98 Å². The van der Waals surface area contributed by atoms with Crippen LogP contribution in [0, 0.1) is 0 Å². The predicted octanol–water partition coefficient (Wildman–Crippen LogP) is 3.27. The number of nitrogens with one attached hydrogen (secondary N) is 1. The van der Waals surface area contributed by atoms with Crippen LogP contribution in [0.5, 0.6) is 0 Å². The molecule has 0 saturated carbocycles. The lowest BCUT2D eigenvalue weighted by Crippen LogP contribution is -2.28. The van der Waals surface area contributed by atoms with E-state index in [4.69, 9.17) is 0 Å². The van der Waals surface area contributed by atoms with E-state index in [1.165, 1.54) is 16.2 Å². The van der Waals surface area contributed by atoms with Crippen LogP contribution in [0.15, 0.2) is 34.7 Å². The molecule has 2 aromatic rings. The summed E-state index contributed by atoms with van der Waals surface area (Å²) in [5.41, 5.74) is 6.19. The van der Waals surface area contributed by atoms with Gasteiger partial charge >= 0.3 is 0 Å². The average molecular weight is 328 g/mol. The first-order chi connectivity index (χ1) is 11.0. The van der Waals surface area contributed by atoms with Crippen molar-refractivity contribution in [3.05, 3.63) is 29.6 Å². The van der Waals surface area contributed by atoms with Crippen LogP contribution in [0.4, 0.5) is 10.8 Å². The SMILES string of the molecule is CC(C)=NNc1nc(-c2ccc(N3C(=O)CCC3=O)cc2)cs1. The van der Waals surface area contributed by atoms with E-state index in [1.54, 1.807) is 12.1 Å². The molecular formula is C16H16N4O2S. The van der Waals surface area contributed by atoms with Gasteiger partial charge in [-0.05, 0) is 26.0 Å². The third kappa shape index (κ3) is 3.29. The largest absolute Gasteiger partial charge is 0.274 e. The molecule has 0 bridgehead atoms. The number of hydrogen-bond acceptors (Lipinski definition) is 6. The summed E-state index contributed by atoms with van der Waals surface area (Å²) in [6, 6.07) is 7.28. The van der Waals surface area contributed by atoms with Crippen molar-refractivity contribution in [2.75, 3.05) is 10.3 Å². The highest BCUT2D eigenvalue weighted by atomic mass is 32.1. The first kappa shape index (κ1) is 15.4. The van der Waals surface area contributed by atoms with Gasteiger partial charge in [0.25, 0.3) is 0 Å². The van der Waals surface area contributed by atoms with Crippen LogP contribution in [0.2, 0.25) is 0 Å². The number of imide groups is 1. The van der Waals surface area contributed by atoms with E-state index in [0.29, 0.717) is 18.5 Å². The summed E-state index contributed by atoms with van der Waals surface area (Å²) in [6.45, 7) is 3.81. The molecule has 0 unspecified atom stereocenters. The lowest BCUT2D eigenvalue weighted by molar-refractivity contribution is -0.121. The number of anilines is 2. The zero-order valence-electron chi connectivity index (χ0n) is 12.9. The molecule has 0 radical (unpaired) electrons.